The number of anilines is 1. The van der Waals surface area contributed by atoms with Crippen LogP contribution in [-0.2, 0) is 16.6 Å². The fraction of sp³-hybridized carbons (Fsp3) is 0.316. The van der Waals surface area contributed by atoms with Gasteiger partial charge in [-0.1, -0.05) is 18.2 Å². The molecule has 0 saturated carbocycles. The van der Waals surface area contributed by atoms with E-state index in [0.29, 0.717) is 37.3 Å². The molecule has 1 fully saturated rings. The number of hydrogen-bond acceptors (Lipinski definition) is 6. The van der Waals surface area contributed by atoms with Gasteiger partial charge >= 0.3 is 0 Å². The van der Waals surface area contributed by atoms with E-state index < -0.39 is 10.0 Å². The van der Waals surface area contributed by atoms with Crippen LogP contribution in [0.3, 0.4) is 0 Å². The molecule has 0 aromatic heterocycles. The van der Waals surface area contributed by atoms with Gasteiger partial charge in [-0.25, -0.2) is 13.1 Å². The highest BCUT2D eigenvalue weighted by Gasteiger charge is 2.27. The summed E-state index contributed by atoms with van der Waals surface area (Å²) in [5, 5.41) is 21.6. The van der Waals surface area contributed by atoms with Crippen molar-refractivity contribution >= 4 is 15.7 Å². The topological polar surface area (TPSA) is 105 Å². The largest absolute Gasteiger partial charge is 0.508 e. The molecule has 0 amide bonds. The van der Waals surface area contributed by atoms with Gasteiger partial charge in [0.15, 0.2) is 6.19 Å². The number of aryl methyl sites for hydroxylation is 1. The molecule has 3 rings (SSSR count). The molecular formula is C19H22N4O3S. The second-order valence-electron chi connectivity index (χ2n) is 6.66. The van der Waals surface area contributed by atoms with Crippen molar-refractivity contribution in [1.82, 2.24) is 9.62 Å². The molecule has 27 heavy (non-hydrogen) atoms. The lowest BCUT2D eigenvalue weighted by molar-refractivity contribution is 0.470. The van der Waals surface area contributed by atoms with Crippen molar-refractivity contribution in [1.29, 1.82) is 5.26 Å². The number of nitrogens with one attached hydrogen (secondary N) is 2. The molecule has 2 aromatic carbocycles. The summed E-state index contributed by atoms with van der Waals surface area (Å²) in [5.41, 5.74) is 2.22. The smallest absolute Gasteiger partial charge is 0.241 e. The number of hydrogen-bond donors (Lipinski definition) is 3. The van der Waals surface area contributed by atoms with E-state index in [1.807, 2.05) is 18.3 Å². The van der Waals surface area contributed by atoms with Gasteiger partial charge in [0.2, 0.25) is 10.0 Å². The minimum atomic E-state index is -3.68. The molecule has 1 atom stereocenters. The minimum absolute atomic E-state index is 0.189. The average molecular weight is 386 g/mol. The summed E-state index contributed by atoms with van der Waals surface area (Å²) in [6, 6.07) is 11.8. The van der Waals surface area contributed by atoms with Crippen LogP contribution in [0, 0.1) is 18.4 Å². The van der Waals surface area contributed by atoms with Crippen molar-refractivity contribution < 1.29 is 13.5 Å². The van der Waals surface area contributed by atoms with Gasteiger partial charge in [0.25, 0.3) is 0 Å². The van der Waals surface area contributed by atoms with Gasteiger partial charge < -0.3 is 15.3 Å². The van der Waals surface area contributed by atoms with Crippen molar-refractivity contribution in [2.45, 2.75) is 30.8 Å². The molecule has 1 aliphatic rings. The number of phenols is 1. The summed E-state index contributed by atoms with van der Waals surface area (Å²) in [7, 11) is -3.68. The molecule has 0 radical (unpaired) electrons. The molecule has 1 heterocycles. The SMILES string of the molecule is Cc1ccc(NCc2cccc(O)c2)cc1S(=O)(=O)NC1CCN(C#N)C1. The van der Waals surface area contributed by atoms with Crippen molar-refractivity contribution in [2.75, 3.05) is 18.4 Å². The standard InChI is InChI=1S/C19H22N4O3S/c1-14-5-6-16(21-11-15-3-2-4-18(24)9-15)10-19(14)27(25,26)22-17-7-8-23(12-17)13-20/h2-6,9-10,17,21-22,24H,7-8,11-12H2,1H3. The van der Waals surface area contributed by atoms with E-state index in [-0.39, 0.29) is 16.7 Å². The first kappa shape index (κ1) is 19.0. The number of sulfonamides is 1. The van der Waals surface area contributed by atoms with Gasteiger partial charge in [-0.2, -0.15) is 5.26 Å². The lowest BCUT2D eigenvalue weighted by atomic mass is 10.2. The zero-order valence-electron chi connectivity index (χ0n) is 15.0. The van der Waals surface area contributed by atoms with E-state index in [9.17, 15) is 13.5 Å². The zero-order valence-corrected chi connectivity index (χ0v) is 15.8. The van der Waals surface area contributed by atoms with Crippen LogP contribution >= 0.6 is 0 Å². The minimum Gasteiger partial charge on any atom is -0.508 e. The van der Waals surface area contributed by atoms with Crippen LogP contribution in [0.5, 0.6) is 5.75 Å². The first-order valence-electron chi connectivity index (χ1n) is 8.67. The second kappa shape index (κ2) is 7.86. The third-order valence-electron chi connectivity index (χ3n) is 4.54. The fourth-order valence-electron chi connectivity index (χ4n) is 3.10. The molecule has 2 aromatic rings. The van der Waals surface area contributed by atoms with Gasteiger partial charge in [-0.05, 0) is 48.7 Å². The van der Waals surface area contributed by atoms with E-state index in [2.05, 4.69) is 10.0 Å². The summed E-state index contributed by atoms with van der Waals surface area (Å²) >= 11 is 0. The summed E-state index contributed by atoms with van der Waals surface area (Å²) in [6.07, 6.45) is 2.66. The number of nitrogens with zero attached hydrogens (tertiary/aromatic N) is 2. The number of benzene rings is 2. The number of aromatic hydroxyl groups is 1. The maximum Gasteiger partial charge on any atom is 0.241 e. The van der Waals surface area contributed by atoms with Crippen LogP contribution in [0.1, 0.15) is 17.5 Å². The van der Waals surface area contributed by atoms with Crippen LogP contribution in [0.4, 0.5) is 5.69 Å². The van der Waals surface area contributed by atoms with E-state index in [1.54, 1.807) is 42.2 Å². The van der Waals surface area contributed by atoms with Crippen molar-refractivity contribution in [3.63, 3.8) is 0 Å². The third kappa shape index (κ3) is 4.70. The van der Waals surface area contributed by atoms with E-state index >= 15 is 0 Å². The van der Waals surface area contributed by atoms with Crippen molar-refractivity contribution in [2.24, 2.45) is 0 Å². The summed E-state index contributed by atoms with van der Waals surface area (Å²) < 4.78 is 28.3. The van der Waals surface area contributed by atoms with Crippen molar-refractivity contribution in [3.8, 4) is 11.9 Å². The lowest BCUT2D eigenvalue weighted by Gasteiger charge is -2.16. The number of nitriles is 1. The van der Waals surface area contributed by atoms with Gasteiger partial charge in [0.1, 0.15) is 5.75 Å². The van der Waals surface area contributed by atoms with Crippen LogP contribution in [0.25, 0.3) is 0 Å². The maximum absolute atomic E-state index is 12.8. The van der Waals surface area contributed by atoms with E-state index in [1.165, 1.54) is 0 Å². The van der Waals surface area contributed by atoms with Crippen molar-refractivity contribution in [3.05, 3.63) is 53.6 Å². The molecule has 142 valence electrons. The van der Waals surface area contributed by atoms with Gasteiger partial charge in [0, 0.05) is 31.4 Å². The highest BCUT2D eigenvalue weighted by atomic mass is 32.2. The fourth-order valence-corrected chi connectivity index (χ4v) is 4.63. The Balaban J connectivity index is 1.73. The highest BCUT2D eigenvalue weighted by Crippen LogP contribution is 2.22. The molecule has 3 N–H and O–H groups in total. The molecule has 0 aliphatic carbocycles. The summed E-state index contributed by atoms with van der Waals surface area (Å²) in [6.45, 7) is 3.17. The predicted molar refractivity (Wildman–Crippen MR) is 103 cm³/mol. The quantitative estimate of drug-likeness (QED) is 0.657. The molecule has 7 nitrogen and oxygen atoms in total. The molecule has 0 bridgehead atoms. The number of phenolic OH excluding ortho intramolecular Hbond substituents is 1. The molecule has 0 spiro atoms. The Labute approximate surface area is 159 Å². The van der Waals surface area contributed by atoms with Crippen LogP contribution in [0.2, 0.25) is 0 Å². The lowest BCUT2D eigenvalue weighted by Crippen LogP contribution is -2.36. The molecule has 1 aliphatic heterocycles. The Morgan fingerprint density at radius 3 is 2.81 bits per heavy atom. The molecular weight excluding hydrogens is 364 g/mol. The van der Waals surface area contributed by atoms with Crippen LogP contribution in [0.15, 0.2) is 47.4 Å². The molecule has 8 heteroatoms. The van der Waals surface area contributed by atoms with E-state index in [0.717, 1.165) is 5.56 Å². The van der Waals surface area contributed by atoms with Crippen LogP contribution in [-0.4, -0.2) is 37.6 Å². The van der Waals surface area contributed by atoms with Gasteiger partial charge in [0.05, 0.1) is 4.90 Å². The molecule has 1 saturated heterocycles. The number of rotatable bonds is 6. The summed E-state index contributed by atoms with van der Waals surface area (Å²) in [5.74, 6) is 0.189. The molecule has 1 unspecified atom stereocenters. The van der Waals surface area contributed by atoms with E-state index in [4.69, 9.17) is 5.26 Å². The highest BCUT2D eigenvalue weighted by molar-refractivity contribution is 7.89. The Bertz CT molecular complexity index is 969. The normalized spacial score (nSPS) is 16.9. The van der Waals surface area contributed by atoms with Crippen LogP contribution < -0.4 is 10.0 Å². The van der Waals surface area contributed by atoms with Gasteiger partial charge in [-0.15, -0.1) is 0 Å². The predicted octanol–water partition coefficient (Wildman–Crippen LogP) is 2.15. The van der Waals surface area contributed by atoms with Gasteiger partial charge in [-0.3, -0.25) is 0 Å². The maximum atomic E-state index is 12.8. The first-order valence-corrected chi connectivity index (χ1v) is 10.1. The summed E-state index contributed by atoms with van der Waals surface area (Å²) in [4.78, 5) is 1.77. The first-order chi connectivity index (χ1) is 12.9. The average Bonchev–Trinajstić information content (AvgIpc) is 3.08. The Morgan fingerprint density at radius 1 is 1.30 bits per heavy atom. The Kier molecular flexibility index (Phi) is 5.54. The monoisotopic (exact) mass is 386 g/mol. The Morgan fingerprint density at radius 2 is 2.11 bits per heavy atom. The zero-order chi connectivity index (χ0) is 19.4. The third-order valence-corrected chi connectivity index (χ3v) is 6.20. The number of likely N-dealkylation sites (tertiary alicyclic amines) is 1. The Hall–Kier alpha value is -2.76. The second-order valence-corrected chi connectivity index (χ2v) is 8.34.